The lowest BCUT2D eigenvalue weighted by Crippen LogP contribution is -2.14. The molecular formula is C17H20INO. The molecule has 0 atom stereocenters. The summed E-state index contributed by atoms with van der Waals surface area (Å²) in [4.78, 5) is 0. The zero-order valence-electron chi connectivity index (χ0n) is 12.1. The van der Waals surface area contributed by atoms with Crippen molar-refractivity contribution in [2.24, 2.45) is 0 Å². The van der Waals surface area contributed by atoms with Crippen molar-refractivity contribution < 1.29 is 4.74 Å². The van der Waals surface area contributed by atoms with Crippen molar-refractivity contribution in [2.75, 3.05) is 5.73 Å². The third-order valence-corrected chi connectivity index (χ3v) is 4.39. The van der Waals surface area contributed by atoms with Crippen LogP contribution in [0.1, 0.15) is 32.8 Å². The molecule has 0 aliphatic heterocycles. The van der Waals surface area contributed by atoms with Gasteiger partial charge in [-0.3, -0.25) is 0 Å². The summed E-state index contributed by atoms with van der Waals surface area (Å²) >= 11 is 2.23. The van der Waals surface area contributed by atoms with Crippen molar-refractivity contribution in [3.8, 4) is 11.5 Å². The second-order valence-electron chi connectivity index (χ2n) is 5.55. The Hall–Kier alpha value is -1.23. The summed E-state index contributed by atoms with van der Waals surface area (Å²) in [6, 6.07) is 14.1. The highest BCUT2D eigenvalue weighted by molar-refractivity contribution is 14.1. The summed E-state index contributed by atoms with van der Waals surface area (Å²) < 4.78 is 6.94. The van der Waals surface area contributed by atoms with E-state index in [0.29, 0.717) is 11.4 Å². The van der Waals surface area contributed by atoms with Crippen LogP contribution in [0.4, 0.5) is 5.69 Å². The molecule has 0 saturated heterocycles. The number of rotatable bonds is 4. The Bertz CT molecular complexity index is 590. The molecule has 0 bridgehead atoms. The topological polar surface area (TPSA) is 35.2 Å². The van der Waals surface area contributed by atoms with E-state index in [2.05, 4.69) is 55.5 Å². The average Bonchev–Trinajstić information content (AvgIpc) is 2.42. The van der Waals surface area contributed by atoms with Gasteiger partial charge in [-0.1, -0.05) is 32.9 Å². The van der Waals surface area contributed by atoms with Crippen molar-refractivity contribution in [2.45, 2.75) is 32.6 Å². The van der Waals surface area contributed by atoms with Gasteiger partial charge in [0.25, 0.3) is 0 Å². The van der Waals surface area contributed by atoms with E-state index in [9.17, 15) is 0 Å². The molecule has 0 amide bonds. The van der Waals surface area contributed by atoms with Crippen LogP contribution in [0.5, 0.6) is 11.5 Å². The average molecular weight is 381 g/mol. The summed E-state index contributed by atoms with van der Waals surface area (Å²) in [6.07, 6.45) is 1.11. The molecule has 106 valence electrons. The van der Waals surface area contributed by atoms with Gasteiger partial charge in [0, 0.05) is 3.57 Å². The lowest BCUT2D eigenvalue weighted by Gasteiger charge is -2.23. The molecule has 0 unspecified atom stereocenters. The van der Waals surface area contributed by atoms with Gasteiger partial charge in [0.2, 0.25) is 0 Å². The molecule has 0 radical (unpaired) electrons. The van der Waals surface area contributed by atoms with Crippen LogP contribution in [0, 0.1) is 3.57 Å². The predicted octanol–water partition coefficient (Wildman–Crippen LogP) is 5.35. The quantitative estimate of drug-likeness (QED) is 0.572. The Morgan fingerprint density at radius 2 is 1.75 bits per heavy atom. The van der Waals surface area contributed by atoms with Crippen LogP contribution in [-0.4, -0.2) is 0 Å². The molecule has 0 heterocycles. The number of ether oxygens (including phenoxy) is 1. The first-order chi connectivity index (χ1) is 9.42. The van der Waals surface area contributed by atoms with Gasteiger partial charge in [-0.25, -0.2) is 0 Å². The first-order valence-corrected chi connectivity index (χ1v) is 7.83. The second kappa shape index (κ2) is 6.04. The minimum absolute atomic E-state index is 0.195. The Morgan fingerprint density at radius 1 is 1.10 bits per heavy atom. The van der Waals surface area contributed by atoms with Crippen molar-refractivity contribution in [1.82, 2.24) is 0 Å². The Morgan fingerprint density at radius 3 is 2.30 bits per heavy atom. The van der Waals surface area contributed by atoms with Gasteiger partial charge < -0.3 is 10.5 Å². The van der Waals surface area contributed by atoms with Gasteiger partial charge in [-0.05, 0) is 70.3 Å². The third-order valence-electron chi connectivity index (χ3n) is 3.72. The fraction of sp³-hybridized carbons (Fsp3) is 0.294. The highest BCUT2D eigenvalue weighted by Crippen LogP contribution is 2.31. The number of halogens is 1. The van der Waals surface area contributed by atoms with E-state index in [1.165, 1.54) is 5.56 Å². The van der Waals surface area contributed by atoms with Gasteiger partial charge in [-0.15, -0.1) is 0 Å². The zero-order chi connectivity index (χ0) is 14.8. The number of benzene rings is 2. The molecule has 2 N–H and O–H groups in total. The number of nitrogen functional groups attached to an aromatic ring is 1. The van der Waals surface area contributed by atoms with Crippen LogP contribution in [0.25, 0.3) is 0 Å². The number of anilines is 1. The van der Waals surface area contributed by atoms with Crippen molar-refractivity contribution >= 4 is 28.3 Å². The Kier molecular flexibility index (Phi) is 4.58. The minimum atomic E-state index is 0.195. The Balaban J connectivity index is 2.19. The fourth-order valence-corrected chi connectivity index (χ4v) is 2.43. The van der Waals surface area contributed by atoms with Gasteiger partial charge in [0.15, 0.2) is 0 Å². The summed E-state index contributed by atoms with van der Waals surface area (Å²) in [5, 5.41) is 0. The Labute approximate surface area is 134 Å². The minimum Gasteiger partial charge on any atom is -0.455 e. The maximum atomic E-state index is 5.96. The highest BCUT2D eigenvalue weighted by atomic mass is 127. The standard InChI is InChI=1S/C17H20INO/c1-4-17(2,3)12-5-8-14(9-6-12)20-16-10-7-13(18)11-15(16)19/h5-11H,4,19H2,1-3H3. The number of hydrogen-bond donors (Lipinski definition) is 1. The van der Waals surface area contributed by atoms with Crippen molar-refractivity contribution in [3.05, 3.63) is 51.6 Å². The number of hydrogen-bond acceptors (Lipinski definition) is 2. The molecule has 0 saturated carbocycles. The maximum absolute atomic E-state index is 5.96. The van der Waals surface area contributed by atoms with Crippen molar-refractivity contribution in [3.63, 3.8) is 0 Å². The molecule has 0 aliphatic rings. The van der Waals surface area contributed by atoms with E-state index in [0.717, 1.165) is 15.7 Å². The van der Waals surface area contributed by atoms with E-state index in [1.807, 2.05) is 30.3 Å². The predicted molar refractivity (Wildman–Crippen MR) is 93.4 cm³/mol. The molecule has 0 spiro atoms. The van der Waals surface area contributed by atoms with E-state index in [1.54, 1.807) is 0 Å². The molecule has 2 rings (SSSR count). The van der Waals surface area contributed by atoms with Gasteiger partial charge >= 0.3 is 0 Å². The summed E-state index contributed by atoms with van der Waals surface area (Å²) in [6.45, 7) is 6.71. The molecular weight excluding hydrogens is 361 g/mol. The summed E-state index contributed by atoms with van der Waals surface area (Å²) in [5.41, 5.74) is 8.14. The SMILES string of the molecule is CCC(C)(C)c1ccc(Oc2ccc(I)cc2N)cc1. The largest absolute Gasteiger partial charge is 0.455 e. The van der Waals surface area contributed by atoms with E-state index in [4.69, 9.17) is 10.5 Å². The van der Waals surface area contributed by atoms with Crippen molar-refractivity contribution in [1.29, 1.82) is 0 Å². The second-order valence-corrected chi connectivity index (χ2v) is 6.79. The molecule has 0 aliphatic carbocycles. The summed E-state index contributed by atoms with van der Waals surface area (Å²) in [7, 11) is 0. The first kappa shape index (κ1) is 15.2. The molecule has 2 nitrogen and oxygen atoms in total. The molecule has 0 aromatic heterocycles. The van der Waals surface area contributed by atoms with Gasteiger partial charge in [0.05, 0.1) is 5.69 Å². The lowest BCUT2D eigenvalue weighted by molar-refractivity contribution is 0.480. The zero-order valence-corrected chi connectivity index (χ0v) is 14.3. The highest BCUT2D eigenvalue weighted by Gasteiger charge is 2.17. The van der Waals surface area contributed by atoms with E-state index < -0.39 is 0 Å². The molecule has 3 heteroatoms. The smallest absolute Gasteiger partial charge is 0.150 e. The maximum Gasteiger partial charge on any atom is 0.150 e. The third kappa shape index (κ3) is 3.45. The van der Waals surface area contributed by atoms with Crippen LogP contribution >= 0.6 is 22.6 Å². The van der Waals surface area contributed by atoms with Crippen LogP contribution in [-0.2, 0) is 5.41 Å². The monoisotopic (exact) mass is 381 g/mol. The molecule has 0 fully saturated rings. The van der Waals surface area contributed by atoms with Gasteiger partial charge in [0.1, 0.15) is 11.5 Å². The summed E-state index contributed by atoms with van der Waals surface area (Å²) in [5.74, 6) is 1.52. The number of nitrogens with two attached hydrogens (primary N) is 1. The molecule has 2 aromatic rings. The molecule has 20 heavy (non-hydrogen) atoms. The fourth-order valence-electron chi connectivity index (χ4n) is 1.92. The van der Waals surface area contributed by atoms with E-state index in [-0.39, 0.29) is 5.41 Å². The van der Waals surface area contributed by atoms with Crippen LogP contribution < -0.4 is 10.5 Å². The molecule has 2 aromatic carbocycles. The normalized spacial score (nSPS) is 11.4. The van der Waals surface area contributed by atoms with Crippen LogP contribution in [0.15, 0.2) is 42.5 Å². The van der Waals surface area contributed by atoms with Crippen LogP contribution in [0.3, 0.4) is 0 Å². The first-order valence-electron chi connectivity index (χ1n) is 6.76. The van der Waals surface area contributed by atoms with Crippen LogP contribution in [0.2, 0.25) is 0 Å². The van der Waals surface area contributed by atoms with E-state index >= 15 is 0 Å². The van der Waals surface area contributed by atoms with Gasteiger partial charge in [-0.2, -0.15) is 0 Å². The lowest BCUT2D eigenvalue weighted by atomic mass is 9.82.